The second-order valence-corrected chi connectivity index (χ2v) is 3.39. The Labute approximate surface area is 86.3 Å². The van der Waals surface area contributed by atoms with Gasteiger partial charge in [-0.2, -0.15) is 0 Å². The molecule has 0 saturated heterocycles. The first-order valence-corrected chi connectivity index (χ1v) is 5.28. The van der Waals surface area contributed by atoms with E-state index in [2.05, 4.69) is 15.9 Å². The van der Waals surface area contributed by atoms with Crippen molar-refractivity contribution >= 4 is 27.4 Å². The molecule has 0 aromatic heterocycles. The van der Waals surface area contributed by atoms with Crippen LogP contribution in [0.25, 0.3) is 0 Å². The summed E-state index contributed by atoms with van der Waals surface area (Å²) in [6, 6.07) is 5.43. The fourth-order valence-corrected chi connectivity index (χ4v) is 1.65. The molecule has 70 valence electrons. The Morgan fingerprint density at radius 2 is 2.23 bits per heavy atom. The third-order valence-corrected chi connectivity index (χ3v) is 2.50. The number of alkyl halides is 1. The summed E-state index contributed by atoms with van der Waals surface area (Å²) in [6.07, 6.45) is 0.517. The second-order valence-electron chi connectivity index (χ2n) is 2.83. The van der Waals surface area contributed by atoms with Gasteiger partial charge in [0.2, 0.25) is 0 Å². The second kappa shape index (κ2) is 4.42. The van der Waals surface area contributed by atoms with E-state index in [9.17, 15) is 4.79 Å². The normalized spacial score (nSPS) is 10.0. The molecule has 1 aromatic rings. The fraction of sp³-hybridized carbons (Fsp3) is 0.300. The highest BCUT2D eigenvalue weighted by molar-refractivity contribution is 9.08. The molecule has 0 heterocycles. The minimum atomic E-state index is 0.141. The van der Waals surface area contributed by atoms with E-state index in [-0.39, 0.29) is 5.78 Å². The van der Waals surface area contributed by atoms with Crippen LogP contribution in [0.15, 0.2) is 18.2 Å². The average molecular weight is 242 g/mol. The van der Waals surface area contributed by atoms with Crippen LogP contribution in [0.2, 0.25) is 0 Å². The monoisotopic (exact) mass is 241 g/mol. The zero-order valence-electron chi connectivity index (χ0n) is 7.51. The molecular weight excluding hydrogens is 230 g/mol. The molecule has 0 aliphatic carbocycles. The molecule has 0 aliphatic rings. The number of nitrogen functional groups attached to an aromatic ring is 1. The summed E-state index contributed by atoms with van der Waals surface area (Å²) in [7, 11) is 0. The van der Waals surface area contributed by atoms with Gasteiger partial charge in [0.25, 0.3) is 0 Å². The summed E-state index contributed by atoms with van der Waals surface area (Å²) in [4.78, 5) is 11.5. The Morgan fingerprint density at radius 3 is 2.77 bits per heavy atom. The van der Waals surface area contributed by atoms with Gasteiger partial charge in [0.05, 0.1) is 0 Å². The third kappa shape index (κ3) is 2.31. The third-order valence-electron chi connectivity index (χ3n) is 1.90. The van der Waals surface area contributed by atoms with Crippen molar-refractivity contribution in [3.05, 3.63) is 29.3 Å². The van der Waals surface area contributed by atoms with Crippen LogP contribution >= 0.6 is 15.9 Å². The van der Waals surface area contributed by atoms with E-state index in [0.29, 0.717) is 17.4 Å². The van der Waals surface area contributed by atoms with Gasteiger partial charge in [0, 0.05) is 23.0 Å². The Hall–Kier alpha value is -0.830. The SMILES string of the molecule is CCC(=O)c1cc(N)ccc1CBr. The number of halogens is 1. The Morgan fingerprint density at radius 1 is 1.54 bits per heavy atom. The van der Waals surface area contributed by atoms with Crippen LogP contribution in [0.1, 0.15) is 29.3 Å². The minimum absolute atomic E-state index is 0.141. The van der Waals surface area contributed by atoms with Gasteiger partial charge in [0.15, 0.2) is 5.78 Å². The molecule has 13 heavy (non-hydrogen) atoms. The highest BCUT2D eigenvalue weighted by atomic mass is 79.9. The summed E-state index contributed by atoms with van der Waals surface area (Å²) in [5, 5.41) is 0.689. The van der Waals surface area contributed by atoms with Crippen molar-refractivity contribution in [3.63, 3.8) is 0 Å². The predicted molar refractivity (Wildman–Crippen MR) is 58.1 cm³/mol. The molecule has 0 fully saturated rings. The highest BCUT2D eigenvalue weighted by Crippen LogP contribution is 2.17. The van der Waals surface area contributed by atoms with Crippen LogP contribution in [0, 0.1) is 0 Å². The molecule has 0 spiro atoms. The van der Waals surface area contributed by atoms with Crippen LogP contribution in [0.3, 0.4) is 0 Å². The van der Waals surface area contributed by atoms with Gasteiger partial charge in [-0.15, -0.1) is 0 Å². The number of carbonyl (C=O) groups is 1. The molecule has 1 aromatic carbocycles. The molecule has 3 heteroatoms. The van der Waals surface area contributed by atoms with Crippen LogP contribution in [-0.2, 0) is 5.33 Å². The predicted octanol–water partition coefficient (Wildman–Crippen LogP) is 2.76. The van der Waals surface area contributed by atoms with Crippen molar-refractivity contribution in [1.82, 2.24) is 0 Å². The Bertz CT molecular complexity index is 323. The standard InChI is InChI=1S/C10H12BrNO/c1-2-10(13)9-5-8(12)4-3-7(9)6-11/h3-5H,2,6,12H2,1H3. The summed E-state index contributed by atoms with van der Waals surface area (Å²) >= 11 is 3.34. The van der Waals surface area contributed by atoms with Crippen molar-refractivity contribution < 1.29 is 4.79 Å². The number of carbonyl (C=O) groups excluding carboxylic acids is 1. The molecule has 2 N–H and O–H groups in total. The smallest absolute Gasteiger partial charge is 0.162 e. The van der Waals surface area contributed by atoms with Crippen LogP contribution in [-0.4, -0.2) is 5.78 Å². The lowest BCUT2D eigenvalue weighted by molar-refractivity contribution is 0.0987. The summed E-state index contributed by atoms with van der Waals surface area (Å²) in [6.45, 7) is 1.85. The van der Waals surface area contributed by atoms with Gasteiger partial charge in [-0.25, -0.2) is 0 Å². The molecule has 0 saturated carbocycles. The minimum Gasteiger partial charge on any atom is -0.399 e. The van der Waals surface area contributed by atoms with Crippen LogP contribution in [0.4, 0.5) is 5.69 Å². The van der Waals surface area contributed by atoms with Crippen molar-refractivity contribution in [1.29, 1.82) is 0 Å². The highest BCUT2D eigenvalue weighted by Gasteiger charge is 2.08. The zero-order valence-corrected chi connectivity index (χ0v) is 9.10. The van der Waals surface area contributed by atoms with Gasteiger partial charge < -0.3 is 5.73 Å². The molecular formula is C10H12BrNO. The summed E-state index contributed by atoms with van der Waals surface area (Å²) in [5.74, 6) is 0.141. The van der Waals surface area contributed by atoms with Gasteiger partial charge in [-0.3, -0.25) is 4.79 Å². The first-order chi connectivity index (χ1) is 6.19. The number of ketones is 1. The number of anilines is 1. The van der Waals surface area contributed by atoms with E-state index in [0.717, 1.165) is 11.1 Å². The van der Waals surface area contributed by atoms with Crippen LogP contribution < -0.4 is 5.73 Å². The average Bonchev–Trinajstić information content (AvgIpc) is 2.16. The van der Waals surface area contributed by atoms with Gasteiger partial charge in [0.1, 0.15) is 0 Å². The maximum atomic E-state index is 11.5. The van der Waals surface area contributed by atoms with E-state index in [1.165, 1.54) is 0 Å². The van der Waals surface area contributed by atoms with E-state index < -0.39 is 0 Å². The maximum Gasteiger partial charge on any atom is 0.162 e. The lowest BCUT2D eigenvalue weighted by atomic mass is 10.0. The molecule has 0 bridgehead atoms. The lowest BCUT2D eigenvalue weighted by Crippen LogP contribution is -2.02. The molecule has 0 radical (unpaired) electrons. The number of hydrogen-bond acceptors (Lipinski definition) is 2. The van der Waals surface area contributed by atoms with Gasteiger partial charge in [-0.05, 0) is 17.7 Å². The molecule has 1 rings (SSSR count). The largest absolute Gasteiger partial charge is 0.399 e. The van der Waals surface area contributed by atoms with E-state index in [4.69, 9.17) is 5.73 Å². The van der Waals surface area contributed by atoms with E-state index in [1.807, 2.05) is 19.1 Å². The number of hydrogen-bond donors (Lipinski definition) is 1. The van der Waals surface area contributed by atoms with Crippen molar-refractivity contribution in [2.45, 2.75) is 18.7 Å². The number of rotatable bonds is 3. The van der Waals surface area contributed by atoms with Gasteiger partial charge >= 0.3 is 0 Å². The molecule has 0 atom stereocenters. The van der Waals surface area contributed by atoms with Crippen LogP contribution in [0.5, 0.6) is 0 Å². The zero-order chi connectivity index (χ0) is 9.84. The fourth-order valence-electron chi connectivity index (χ4n) is 1.16. The number of Topliss-reactive ketones (excluding diaryl/α,β-unsaturated/α-hetero) is 1. The Kier molecular flexibility index (Phi) is 3.48. The van der Waals surface area contributed by atoms with Crippen molar-refractivity contribution in [2.24, 2.45) is 0 Å². The molecule has 2 nitrogen and oxygen atoms in total. The number of benzene rings is 1. The Balaban J connectivity index is 3.15. The summed E-state index contributed by atoms with van der Waals surface area (Å²) in [5.41, 5.74) is 7.98. The molecule has 0 amide bonds. The lowest BCUT2D eigenvalue weighted by Gasteiger charge is -2.05. The van der Waals surface area contributed by atoms with E-state index in [1.54, 1.807) is 6.07 Å². The summed E-state index contributed by atoms with van der Waals surface area (Å²) < 4.78 is 0. The van der Waals surface area contributed by atoms with Crippen molar-refractivity contribution in [3.8, 4) is 0 Å². The van der Waals surface area contributed by atoms with E-state index >= 15 is 0 Å². The molecule has 0 unspecified atom stereocenters. The first kappa shape index (κ1) is 10.3. The first-order valence-electron chi connectivity index (χ1n) is 4.16. The quantitative estimate of drug-likeness (QED) is 0.503. The molecule has 0 aliphatic heterocycles. The van der Waals surface area contributed by atoms with Crippen molar-refractivity contribution in [2.75, 3.05) is 5.73 Å². The maximum absolute atomic E-state index is 11.5. The topological polar surface area (TPSA) is 43.1 Å². The number of nitrogens with two attached hydrogens (primary N) is 1. The van der Waals surface area contributed by atoms with Gasteiger partial charge in [-0.1, -0.05) is 28.9 Å².